The van der Waals surface area contributed by atoms with Crippen LogP contribution in [-0.4, -0.2) is 67.8 Å². The Morgan fingerprint density at radius 1 is 1.27 bits per heavy atom. The summed E-state index contributed by atoms with van der Waals surface area (Å²) < 4.78 is 0. The van der Waals surface area contributed by atoms with Crippen molar-refractivity contribution in [1.82, 2.24) is 5.17 Å². The molecule has 1 saturated carbocycles. The van der Waals surface area contributed by atoms with Crippen molar-refractivity contribution < 1.29 is 5.21 Å². The Kier molecular flexibility index (Phi) is 7.09. The van der Waals surface area contributed by atoms with Crippen molar-refractivity contribution in [2.45, 2.75) is 38.1 Å². The first-order valence-corrected chi connectivity index (χ1v) is 3.66. The van der Waals surface area contributed by atoms with Gasteiger partial charge in [0.25, 0.3) is 0 Å². The number of nitrogens with zero attached hydrogens (tertiary/aromatic N) is 2. The van der Waals surface area contributed by atoms with E-state index in [1.54, 1.807) is 0 Å². The summed E-state index contributed by atoms with van der Waals surface area (Å²) in [4.78, 5) is 9.83. The Morgan fingerprint density at radius 3 is 2.27 bits per heavy atom. The summed E-state index contributed by atoms with van der Waals surface area (Å²) in [5.41, 5.74) is 0. The summed E-state index contributed by atoms with van der Waals surface area (Å²) in [6.07, 6.45) is 5.18. The van der Waals surface area contributed by atoms with Crippen molar-refractivity contribution >= 4 is 51.4 Å². The number of hydrogen-bond acceptors (Lipinski definition) is 3. The molecule has 11 heavy (non-hydrogen) atoms. The predicted octanol–water partition coefficient (Wildman–Crippen LogP) is 1.04. The first-order chi connectivity index (χ1) is 4.84. The molecule has 0 aromatic carbocycles. The van der Waals surface area contributed by atoms with Gasteiger partial charge >= 0.3 is 51.4 Å². The van der Waals surface area contributed by atoms with Gasteiger partial charge in [-0.3, -0.25) is 5.21 Å². The average molecular weight is 184 g/mol. The van der Waals surface area contributed by atoms with Crippen molar-refractivity contribution in [3.8, 4) is 0 Å². The quantitative estimate of drug-likeness (QED) is 0.396. The van der Waals surface area contributed by atoms with E-state index >= 15 is 0 Å². The Labute approximate surface area is 109 Å². The second-order valence-corrected chi connectivity index (χ2v) is 2.69. The maximum absolute atomic E-state index is 9.83. The summed E-state index contributed by atoms with van der Waals surface area (Å²) >= 11 is 0. The van der Waals surface area contributed by atoms with Crippen LogP contribution in [0.3, 0.4) is 0 Å². The van der Waals surface area contributed by atoms with E-state index in [0.29, 0.717) is 5.17 Å². The zero-order valence-corrected chi connectivity index (χ0v) is 5.86. The van der Waals surface area contributed by atoms with Gasteiger partial charge in [0.1, 0.15) is 0 Å². The predicted molar refractivity (Wildman–Crippen MR) is 43.4 cm³/mol. The molecular formula is C6H13KN2O2. The van der Waals surface area contributed by atoms with Gasteiger partial charge in [-0.25, -0.2) is 0 Å². The van der Waals surface area contributed by atoms with Gasteiger partial charge in [0, 0.05) is 0 Å². The fraction of sp³-hybridized carbons (Fsp3) is 1.00. The molecule has 0 aliphatic heterocycles. The van der Waals surface area contributed by atoms with Gasteiger partial charge in [-0.1, -0.05) is 19.3 Å². The third-order valence-electron chi connectivity index (χ3n) is 1.98. The van der Waals surface area contributed by atoms with Crippen molar-refractivity contribution in [3.05, 3.63) is 4.91 Å². The molecule has 0 aromatic rings. The van der Waals surface area contributed by atoms with E-state index in [4.69, 9.17) is 5.21 Å². The van der Waals surface area contributed by atoms with Crippen LogP contribution in [0.15, 0.2) is 5.29 Å². The van der Waals surface area contributed by atoms with E-state index in [9.17, 15) is 4.91 Å². The van der Waals surface area contributed by atoms with E-state index < -0.39 is 0 Å². The van der Waals surface area contributed by atoms with Crippen molar-refractivity contribution in [3.63, 3.8) is 0 Å². The van der Waals surface area contributed by atoms with Gasteiger partial charge in [-0.2, -0.15) is 0 Å². The van der Waals surface area contributed by atoms with Gasteiger partial charge in [-0.15, -0.1) is 10.1 Å². The van der Waals surface area contributed by atoms with Gasteiger partial charge < -0.3 is 0 Å². The van der Waals surface area contributed by atoms with Crippen molar-refractivity contribution in [2.24, 2.45) is 5.29 Å². The van der Waals surface area contributed by atoms with Crippen LogP contribution < -0.4 is 0 Å². The molecule has 5 heteroatoms. The van der Waals surface area contributed by atoms with Gasteiger partial charge in [0.05, 0.1) is 11.3 Å². The molecule has 0 heterocycles. The SMILES string of the molecule is O=NN(O)C1CCCCC1.[KH]. The minimum atomic E-state index is -0.0220. The first kappa shape index (κ1) is 12.0. The molecule has 0 bridgehead atoms. The van der Waals surface area contributed by atoms with E-state index in [1.807, 2.05) is 0 Å². The number of nitroso groups, excluding NO2 is 1. The Balaban J connectivity index is 0.000001000. The Bertz CT molecular complexity index is 117. The number of rotatable bonds is 2. The second-order valence-electron chi connectivity index (χ2n) is 2.69. The standard InChI is InChI=1S/C6H12N2O2.K.H/c9-7-8(10)6-4-2-1-3-5-6;;/h6,10H,1-5H2;;. The zero-order chi connectivity index (χ0) is 7.40. The maximum atomic E-state index is 9.83. The van der Waals surface area contributed by atoms with E-state index in [1.165, 1.54) is 6.42 Å². The summed E-state index contributed by atoms with van der Waals surface area (Å²) in [7, 11) is 0. The first-order valence-electron chi connectivity index (χ1n) is 3.66. The van der Waals surface area contributed by atoms with E-state index in [0.717, 1.165) is 25.7 Å². The fourth-order valence-electron chi connectivity index (χ4n) is 1.38. The molecule has 0 amide bonds. The van der Waals surface area contributed by atoms with Gasteiger partial charge in [-0.05, 0) is 12.8 Å². The van der Waals surface area contributed by atoms with Crippen LogP contribution in [0.4, 0.5) is 0 Å². The second kappa shape index (κ2) is 6.51. The van der Waals surface area contributed by atoms with Crippen LogP contribution in [0, 0.1) is 4.91 Å². The molecule has 1 N–H and O–H groups in total. The van der Waals surface area contributed by atoms with Gasteiger partial charge in [0.15, 0.2) is 0 Å². The molecule has 0 atom stereocenters. The topological polar surface area (TPSA) is 52.9 Å². The number of hydrogen-bond donors (Lipinski definition) is 1. The van der Waals surface area contributed by atoms with Crippen LogP contribution in [0.25, 0.3) is 0 Å². The molecule has 0 aromatic heterocycles. The van der Waals surface area contributed by atoms with Crippen molar-refractivity contribution in [1.29, 1.82) is 0 Å². The molecule has 1 fully saturated rings. The fourth-order valence-corrected chi connectivity index (χ4v) is 1.38. The summed E-state index contributed by atoms with van der Waals surface area (Å²) in [5.74, 6) is 0. The van der Waals surface area contributed by atoms with Crippen LogP contribution in [0.5, 0.6) is 0 Å². The van der Waals surface area contributed by atoms with Gasteiger partial charge in [0.2, 0.25) is 0 Å². The molecular weight excluding hydrogens is 171 g/mol. The normalized spacial score (nSPS) is 18.6. The molecule has 0 radical (unpaired) electrons. The van der Waals surface area contributed by atoms with Crippen molar-refractivity contribution in [2.75, 3.05) is 0 Å². The van der Waals surface area contributed by atoms with Crippen LogP contribution >= 0.6 is 0 Å². The third kappa shape index (κ3) is 3.96. The van der Waals surface area contributed by atoms with Crippen LogP contribution in [0.1, 0.15) is 32.1 Å². The third-order valence-corrected chi connectivity index (χ3v) is 1.98. The zero-order valence-electron chi connectivity index (χ0n) is 5.86. The molecule has 0 unspecified atom stereocenters. The monoisotopic (exact) mass is 184 g/mol. The summed E-state index contributed by atoms with van der Waals surface area (Å²) in [6, 6.07) is -0.0220. The van der Waals surface area contributed by atoms with E-state index in [-0.39, 0.29) is 57.4 Å². The summed E-state index contributed by atoms with van der Waals surface area (Å²) in [5, 5.41) is 11.8. The Morgan fingerprint density at radius 2 is 1.82 bits per heavy atom. The average Bonchev–Trinajstić information content (AvgIpc) is 2.05. The molecule has 1 aliphatic rings. The van der Waals surface area contributed by atoms with Crippen LogP contribution in [-0.2, 0) is 0 Å². The molecule has 0 spiro atoms. The molecule has 0 saturated heterocycles. The Hall–Kier alpha value is 0.996. The minimum absolute atomic E-state index is 0. The van der Waals surface area contributed by atoms with E-state index in [2.05, 4.69) is 5.29 Å². The molecule has 1 rings (SSSR count). The molecule has 1 aliphatic carbocycles. The molecule has 4 nitrogen and oxygen atoms in total. The number of hydroxylamine groups is 1. The van der Waals surface area contributed by atoms with Crippen LogP contribution in [0.2, 0.25) is 0 Å². The summed E-state index contributed by atoms with van der Waals surface area (Å²) in [6.45, 7) is 0. The molecule has 60 valence electrons.